The molecular weight excluding hydrogens is 341 g/mol. The maximum Gasteiger partial charge on any atom is 0.416 e. The molecule has 10 heteroatoms. The van der Waals surface area contributed by atoms with Gasteiger partial charge in [0, 0.05) is 52.3 Å². The highest BCUT2D eigenvalue weighted by atomic mass is 19.4. The van der Waals surface area contributed by atoms with Crippen LogP contribution in [0.3, 0.4) is 0 Å². The normalized spacial score (nSPS) is 15.9. The summed E-state index contributed by atoms with van der Waals surface area (Å²) in [4.78, 5) is 25.0. The zero-order valence-electron chi connectivity index (χ0n) is 13.7. The number of hydrogen-bond acceptors (Lipinski definition) is 5. The second kappa shape index (κ2) is 7.68. The zero-order chi connectivity index (χ0) is 18.6. The molecule has 1 fully saturated rings. The molecule has 25 heavy (non-hydrogen) atoms. The predicted molar refractivity (Wildman–Crippen MR) is 85.4 cm³/mol. The van der Waals surface area contributed by atoms with E-state index in [2.05, 4.69) is 10.2 Å². The molecule has 0 atom stereocenters. The highest BCUT2D eigenvalue weighted by molar-refractivity contribution is 5.72. The van der Waals surface area contributed by atoms with E-state index >= 15 is 0 Å². The Kier molecular flexibility index (Phi) is 5.83. The van der Waals surface area contributed by atoms with Crippen LogP contribution in [0.1, 0.15) is 12.5 Å². The number of anilines is 1. The Morgan fingerprint density at radius 3 is 2.44 bits per heavy atom. The van der Waals surface area contributed by atoms with Gasteiger partial charge in [0.05, 0.1) is 10.5 Å². The molecule has 0 aromatic heterocycles. The number of benzene rings is 1. The summed E-state index contributed by atoms with van der Waals surface area (Å²) in [6.45, 7) is 4.74. The van der Waals surface area contributed by atoms with Gasteiger partial charge in [-0.1, -0.05) is 0 Å². The van der Waals surface area contributed by atoms with Crippen molar-refractivity contribution in [2.45, 2.75) is 13.1 Å². The van der Waals surface area contributed by atoms with Gasteiger partial charge in [-0.2, -0.15) is 13.2 Å². The maximum absolute atomic E-state index is 12.8. The smallest absolute Gasteiger partial charge is 0.363 e. The van der Waals surface area contributed by atoms with E-state index in [0.29, 0.717) is 45.3 Å². The highest BCUT2D eigenvalue weighted by Crippen LogP contribution is 2.36. The molecule has 0 aliphatic carbocycles. The van der Waals surface area contributed by atoms with Crippen LogP contribution in [0, 0.1) is 10.1 Å². The number of alkyl halides is 3. The van der Waals surface area contributed by atoms with Crippen LogP contribution in [0.4, 0.5) is 24.5 Å². The van der Waals surface area contributed by atoms with Crippen LogP contribution < -0.4 is 10.2 Å². The largest absolute Gasteiger partial charge is 0.416 e. The summed E-state index contributed by atoms with van der Waals surface area (Å²) in [6, 6.07) is 2.61. The number of rotatable bonds is 5. The fourth-order valence-corrected chi connectivity index (χ4v) is 2.72. The van der Waals surface area contributed by atoms with Crippen molar-refractivity contribution in [2.75, 3.05) is 44.2 Å². The summed E-state index contributed by atoms with van der Waals surface area (Å²) in [5, 5.41) is 13.9. The molecule has 1 amide bonds. The van der Waals surface area contributed by atoms with Crippen LogP contribution in [0.5, 0.6) is 0 Å². The third-order valence-corrected chi connectivity index (χ3v) is 4.01. The summed E-state index contributed by atoms with van der Waals surface area (Å²) in [7, 11) is 0. The molecule has 1 aliphatic rings. The zero-order valence-corrected chi connectivity index (χ0v) is 13.7. The SMILES string of the molecule is CC(=O)NCCN1CCN(c2ccc(C(F)(F)F)cc2[N+](=O)[O-])CC1. The molecule has 1 N–H and O–H groups in total. The van der Waals surface area contributed by atoms with Gasteiger partial charge in [0.2, 0.25) is 5.91 Å². The lowest BCUT2D eigenvalue weighted by Crippen LogP contribution is -2.48. The molecule has 2 rings (SSSR count). The predicted octanol–water partition coefficient (Wildman–Crippen LogP) is 1.87. The molecule has 1 aromatic rings. The Hall–Kier alpha value is -2.36. The number of hydrogen-bond donors (Lipinski definition) is 1. The van der Waals surface area contributed by atoms with Crippen molar-refractivity contribution >= 4 is 17.3 Å². The number of piperazine rings is 1. The van der Waals surface area contributed by atoms with E-state index in [9.17, 15) is 28.1 Å². The fraction of sp³-hybridized carbons (Fsp3) is 0.533. The van der Waals surface area contributed by atoms with Gasteiger partial charge in [-0.25, -0.2) is 0 Å². The van der Waals surface area contributed by atoms with Crippen LogP contribution in [0.2, 0.25) is 0 Å². The number of amides is 1. The average Bonchev–Trinajstić information content (AvgIpc) is 2.53. The quantitative estimate of drug-likeness (QED) is 0.641. The number of halogens is 3. The molecule has 138 valence electrons. The Balaban J connectivity index is 2.05. The monoisotopic (exact) mass is 360 g/mol. The molecule has 1 aromatic carbocycles. The first-order valence-electron chi connectivity index (χ1n) is 7.76. The van der Waals surface area contributed by atoms with Crippen molar-refractivity contribution < 1.29 is 22.9 Å². The average molecular weight is 360 g/mol. The summed E-state index contributed by atoms with van der Waals surface area (Å²) >= 11 is 0. The number of nitrogens with one attached hydrogen (secondary N) is 1. The Morgan fingerprint density at radius 2 is 1.92 bits per heavy atom. The Labute approximate surface area is 142 Å². The molecule has 7 nitrogen and oxygen atoms in total. The van der Waals surface area contributed by atoms with Gasteiger partial charge in [0.1, 0.15) is 5.69 Å². The van der Waals surface area contributed by atoms with Gasteiger partial charge in [0.15, 0.2) is 0 Å². The van der Waals surface area contributed by atoms with Gasteiger partial charge in [0.25, 0.3) is 5.69 Å². The van der Waals surface area contributed by atoms with Crippen LogP contribution in [0.25, 0.3) is 0 Å². The Bertz CT molecular complexity index is 643. The summed E-state index contributed by atoms with van der Waals surface area (Å²) in [5.74, 6) is -0.112. The van der Waals surface area contributed by atoms with E-state index in [1.165, 1.54) is 6.92 Å². The van der Waals surface area contributed by atoms with Gasteiger partial charge in [-0.3, -0.25) is 19.8 Å². The third-order valence-electron chi connectivity index (χ3n) is 4.01. The maximum atomic E-state index is 12.8. The van der Waals surface area contributed by atoms with E-state index in [0.717, 1.165) is 12.1 Å². The number of carbonyl (C=O) groups is 1. The van der Waals surface area contributed by atoms with Crippen molar-refractivity contribution in [1.82, 2.24) is 10.2 Å². The lowest BCUT2D eigenvalue weighted by molar-refractivity contribution is -0.384. The molecule has 0 bridgehead atoms. The Morgan fingerprint density at radius 1 is 1.28 bits per heavy atom. The van der Waals surface area contributed by atoms with Gasteiger partial charge in [-0.05, 0) is 12.1 Å². The fourth-order valence-electron chi connectivity index (χ4n) is 2.72. The molecule has 0 unspecified atom stereocenters. The number of nitro benzene ring substituents is 1. The van der Waals surface area contributed by atoms with Crippen LogP contribution >= 0.6 is 0 Å². The van der Waals surface area contributed by atoms with E-state index < -0.39 is 22.4 Å². The minimum Gasteiger partial charge on any atom is -0.363 e. The first-order chi connectivity index (χ1) is 11.7. The molecule has 1 heterocycles. The van der Waals surface area contributed by atoms with E-state index in [-0.39, 0.29) is 11.6 Å². The van der Waals surface area contributed by atoms with Crippen molar-refractivity contribution in [3.05, 3.63) is 33.9 Å². The lowest BCUT2D eigenvalue weighted by Gasteiger charge is -2.35. The molecule has 0 spiro atoms. The van der Waals surface area contributed by atoms with Crippen LogP contribution in [-0.2, 0) is 11.0 Å². The summed E-state index contributed by atoms with van der Waals surface area (Å²) < 4.78 is 38.3. The third kappa shape index (κ3) is 5.05. The first-order valence-corrected chi connectivity index (χ1v) is 7.76. The molecule has 0 radical (unpaired) electrons. The molecule has 0 saturated carbocycles. The highest BCUT2D eigenvalue weighted by Gasteiger charge is 2.34. The van der Waals surface area contributed by atoms with Crippen LogP contribution in [0.15, 0.2) is 18.2 Å². The first kappa shape index (κ1) is 19.0. The molecular formula is C15H19F3N4O3. The van der Waals surface area contributed by atoms with Crippen molar-refractivity contribution in [2.24, 2.45) is 0 Å². The van der Waals surface area contributed by atoms with Gasteiger partial charge < -0.3 is 10.2 Å². The van der Waals surface area contributed by atoms with Crippen molar-refractivity contribution in [3.8, 4) is 0 Å². The van der Waals surface area contributed by atoms with Crippen molar-refractivity contribution in [1.29, 1.82) is 0 Å². The summed E-state index contributed by atoms with van der Waals surface area (Å²) in [6.07, 6.45) is -4.62. The molecule has 1 saturated heterocycles. The van der Waals surface area contributed by atoms with Crippen molar-refractivity contribution in [3.63, 3.8) is 0 Å². The summed E-state index contributed by atoms with van der Waals surface area (Å²) in [5.41, 5.74) is -1.38. The standard InChI is InChI=1S/C15H19F3N4O3/c1-11(23)19-4-5-20-6-8-21(9-7-20)13-3-2-12(15(16,17)18)10-14(13)22(24)25/h2-3,10H,4-9H2,1H3,(H,19,23). The molecule has 1 aliphatic heterocycles. The lowest BCUT2D eigenvalue weighted by atomic mass is 10.1. The minimum absolute atomic E-state index is 0.112. The number of carbonyl (C=O) groups excluding carboxylic acids is 1. The minimum atomic E-state index is -4.62. The van der Waals surface area contributed by atoms with Gasteiger partial charge in [-0.15, -0.1) is 0 Å². The number of nitrogens with zero attached hydrogens (tertiary/aromatic N) is 3. The number of nitro groups is 1. The second-order valence-corrected chi connectivity index (χ2v) is 5.77. The second-order valence-electron chi connectivity index (χ2n) is 5.77. The topological polar surface area (TPSA) is 78.7 Å². The van der Waals surface area contributed by atoms with E-state index in [1.54, 1.807) is 4.90 Å². The van der Waals surface area contributed by atoms with E-state index in [1.807, 2.05) is 0 Å². The van der Waals surface area contributed by atoms with Crippen LogP contribution in [-0.4, -0.2) is 55.0 Å². The van der Waals surface area contributed by atoms with E-state index in [4.69, 9.17) is 0 Å². The van der Waals surface area contributed by atoms with Gasteiger partial charge >= 0.3 is 6.18 Å².